The minimum Gasteiger partial charge on any atom is -0.372 e. The van der Waals surface area contributed by atoms with Crippen LogP contribution in [0.1, 0.15) is 105 Å². The fraction of sp³-hybridized carbons (Fsp3) is 0.769. The first-order chi connectivity index (χ1) is 13.8. The van der Waals surface area contributed by atoms with Crippen LogP contribution < -0.4 is 9.80 Å². The van der Waals surface area contributed by atoms with Gasteiger partial charge in [0.1, 0.15) is 0 Å². The van der Waals surface area contributed by atoms with Gasteiger partial charge >= 0.3 is 0 Å². The van der Waals surface area contributed by atoms with Crippen LogP contribution in [0.2, 0.25) is 0 Å². The van der Waals surface area contributed by atoms with Crippen molar-refractivity contribution in [1.82, 2.24) is 0 Å². The molecule has 0 aliphatic carbocycles. The van der Waals surface area contributed by atoms with Gasteiger partial charge in [0.05, 0.1) is 0 Å². The molecule has 0 atom stereocenters. The monoisotopic (exact) mass is 388 g/mol. The second kappa shape index (κ2) is 16.7. The Hall–Kier alpha value is -1.18. The third-order valence-electron chi connectivity index (χ3n) is 5.71. The third kappa shape index (κ3) is 10.4. The Balaban J connectivity index is 2.75. The molecule has 2 nitrogen and oxygen atoms in total. The van der Waals surface area contributed by atoms with Crippen LogP contribution in [-0.2, 0) is 0 Å². The van der Waals surface area contributed by atoms with Gasteiger partial charge in [-0.05, 0) is 49.9 Å². The zero-order chi connectivity index (χ0) is 20.5. The minimum atomic E-state index is 1.20. The molecule has 0 heterocycles. The van der Waals surface area contributed by atoms with Crippen molar-refractivity contribution in [2.75, 3.05) is 36.0 Å². The molecule has 0 saturated heterocycles. The average Bonchev–Trinajstić information content (AvgIpc) is 2.72. The van der Waals surface area contributed by atoms with Crippen molar-refractivity contribution >= 4 is 11.4 Å². The molecule has 0 aliphatic heterocycles. The highest BCUT2D eigenvalue weighted by atomic mass is 15.1. The Morgan fingerprint density at radius 3 is 0.893 bits per heavy atom. The first-order valence-electron chi connectivity index (χ1n) is 12.4. The van der Waals surface area contributed by atoms with E-state index in [4.69, 9.17) is 0 Å². The van der Waals surface area contributed by atoms with Crippen molar-refractivity contribution in [3.05, 3.63) is 24.3 Å². The molecule has 2 heteroatoms. The maximum Gasteiger partial charge on any atom is 0.0367 e. The molecule has 162 valence electrons. The molecule has 1 rings (SSSR count). The molecule has 0 spiro atoms. The fourth-order valence-electron chi connectivity index (χ4n) is 3.82. The summed E-state index contributed by atoms with van der Waals surface area (Å²) in [6.07, 6.45) is 15.8. The molecule has 0 amide bonds. The molecule has 1 aromatic rings. The summed E-state index contributed by atoms with van der Waals surface area (Å²) in [5.74, 6) is 0. The molecule has 0 fully saturated rings. The smallest absolute Gasteiger partial charge is 0.0367 e. The SMILES string of the molecule is CCCCCN(CCCCC)c1ccc(N(CCCCC)CCCCC)cc1. The molecule has 0 unspecified atom stereocenters. The number of unbranched alkanes of at least 4 members (excludes halogenated alkanes) is 8. The van der Waals surface area contributed by atoms with Gasteiger partial charge in [0.25, 0.3) is 0 Å². The molecular formula is C26H48N2. The van der Waals surface area contributed by atoms with Crippen molar-refractivity contribution in [2.45, 2.75) is 105 Å². The predicted octanol–water partition coefficient (Wildman–Crippen LogP) is 8.06. The van der Waals surface area contributed by atoms with Gasteiger partial charge in [0.2, 0.25) is 0 Å². The van der Waals surface area contributed by atoms with Crippen LogP contribution in [-0.4, -0.2) is 26.2 Å². The van der Waals surface area contributed by atoms with Gasteiger partial charge < -0.3 is 9.80 Å². The Labute approximate surface area is 176 Å². The lowest BCUT2D eigenvalue weighted by molar-refractivity contribution is 0.634. The molecule has 1 aromatic carbocycles. The number of hydrogen-bond acceptors (Lipinski definition) is 2. The maximum atomic E-state index is 2.62. The zero-order valence-corrected chi connectivity index (χ0v) is 19.5. The average molecular weight is 389 g/mol. The first kappa shape index (κ1) is 24.9. The van der Waals surface area contributed by atoms with Crippen LogP contribution in [0.15, 0.2) is 24.3 Å². The van der Waals surface area contributed by atoms with E-state index in [2.05, 4.69) is 61.8 Å². The second-order valence-electron chi connectivity index (χ2n) is 8.32. The van der Waals surface area contributed by atoms with Crippen molar-refractivity contribution in [1.29, 1.82) is 0 Å². The topological polar surface area (TPSA) is 6.48 Å². The van der Waals surface area contributed by atoms with E-state index in [-0.39, 0.29) is 0 Å². The lowest BCUT2D eigenvalue weighted by atomic mass is 10.1. The van der Waals surface area contributed by atoms with Crippen LogP contribution >= 0.6 is 0 Å². The lowest BCUT2D eigenvalue weighted by Gasteiger charge is -2.28. The number of anilines is 2. The van der Waals surface area contributed by atoms with E-state index in [0.717, 1.165) is 0 Å². The Bertz CT molecular complexity index is 391. The zero-order valence-electron chi connectivity index (χ0n) is 19.5. The lowest BCUT2D eigenvalue weighted by Crippen LogP contribution is -2.27. The molecule has 0 radical (unpaired) electrons. The molecule has 0 N–H and O–H groups in total. The van der Waals surface area contributed by atoms with Crippen LogP contribution in [0.25, 0.3) is 0 Å². The number of hydrogen-bond donors (Lipinski definition) is 0. The summed E-state index contributed by atoms with van der Waals surface area (Å²) in [4.78, 5) is 5.24. The molecule has 0 bridgehead atoms. The summed E-state index contributed by atoms with van der Waals surface area (Å²) in [7, 11) is 0. The van der Waals surface area contributed by atoms with Crippen LogP contribution in [0, 0.1) is 0 Å². The second-order valence-corrected chi connectivity index (χ2v) is 8.32. The molecule has 28 heavy (non-hydrogen) atoms. The highest BCUT2D eigenvalue weighted by Gasteiger charge is 2.09. The molecule has 0 aliphatic rings. The number of nitrogens with zero attached hydrogens (tertiary/aromatic N) is 2. The van der Waals surface area contributed by atoms with E-state index >= 15 is 0 Å². The van der Waals surface area contributed by atoms with E-state index in [9.17, 15) is 0 Å². The van der Waals surface area contributed by atoms with E-state index < -0.39 is 0 Å². The predicted molar refractivity (Wildman–Crippen MR) is 129 cm³/mol. The highest BCUT2D eigenvalue weighted by molar-refractivity contribution is 5.56. The standard InChI is InChI=1S/C26H48N2/c1-5-9-13-21-27(22-14-10-6-2)25-17-19-26(20-18-25)28(23-15-11-7-3)24-16-12-8-4/h17-20H,5-16,21-24H2,1-4H3. The van der Waals surface area contributed by atoms with Crippen molar-refractivity contribution < 1.29 is 0 Å². The Kier molecular flexibility index (Phi) is 14.9. The maximum absolute atomic E-state index is 2.62. The number of rotatable bonds is 18. The summed E-state index contributed by atoms with van der Waals surface area (Å²) < 4.78 is 0. The van der Waals surface area contributed by atoms with Crippen molar-refractivity contribution in [3.63, 3.8) is 0 Å². The number of benzene rings is 1. The summed E-state index contributed by atoms with van der Waals surface area (Å²) in [5, 5.41) is 0. The van der Waals surface area contributed by atoms with Crippen molar-refractivity contribution in [2.24, 2.45) is 0 Å². The van der Waals surface area contributed by atoms with Gasteiger partial charge in [-0.1, -0.05) is 79.1 Å². The van der Waals surface area contributed by atoms with Gasteiger partial charge in [-0.15, -0.1) is 0 Å². The van der Waals surface area contributed by atoms with Crippen LogP contribution in [0.4, 0.5) is 11.4 Å². The summed E-state index contributed by atoms with van der Waals surface area (Å²) in [5.41, 5.74) is 2.83. The van der Waals surface area contributed by atoms with Gasteiger partial charge in [-0.2, -0.15) is 0 Å². The van der Waals surface area contributed by atoms with Crippen LogP contribution in [0.3, 0.4) is 0 Å². The van der Waals surface area contributed by atoms with E-state index in [1.165, 1.54) is 115 Å². The van der Waals surface area contributed by atoms with Gasteiger partial charge in [0, 0.05) is 37.6 Å². The summed E-state index contributed by atoms with van der Waals surface area (Å²) in [6.45, 7) is 14.0. The Morgan fingerprint density at radius 2 is 0.679 bits per heavy atom. The van der Waals surface area contributed by atoms with Gasteiger partial charge in [0.15, 0.2) is 0 Å². The molecule has 0 saturated carbocycles. The molecular weight excluding hydrogens is 340 g/mol. The quantitative estimate of drug-likeness (QED) is 0.235. The third-order valence-corrected chi connectivity index (χ3v) is 5.71. The minimum absolute atomic E-state index is 1.20. The fourth-order valence-corrected chi connectivity index (χ4v) is 3.82. The van der Waals surface area contributed by atoms with Gasteiger partial charge in [-0.25, -0.2) is 0 Å². The van der Waals surface area contributed by atoms with Crippen molar-refractivity contribution in [3.8, 4) is 0 Å². The summed E-state index contributed by atoms with van der Waals surface area (Å²) >= 11 is 0. The highest BCUT2D eigenvalue weighted by Crippen LogP contribution is 2.23. The molecule has 0 aromatic heterocycles. The van der Waals surface area contributed by atoms with E-state index in [1.54, 1.807) is 0 Å². The summed E-state index contributed by atoms with van der Waals surface area (Å²) in [6, 6.07) is 9.50. The first-order valence-corrected chi connectivity index (χ1v) is 12.4. The van der Waals surface area contributed by atoms with E-state index in [1.807, 2.05) is 0 Å². The van der Waals surface area contributed by atoms with Gasteiger partial charge in [-0.3, -0.25) is 0 Å². The Morgan fingerprint density at radius 1 is 0.429 bits per heavy atom. The van der Waals surface area contributed by atoms with E-state index in [0.29, 0.717) is 0 Å². The normalized spacial score (nSPS) is 11.0. The largest absolute Gasteiger partial charge is 0.372 e. The van der Waals surface area contributed by atoms with Crippen LogP contribution in [0.5, 0.6) is 0 Å².